The predicted octanol–water partition coefficient (Wildman–Crippen LogP) is 2.01. The number of nitrogens with zero attached hydrogens (tertiary/aromatic N) is 2. The van der Waals surface area contributed by atoms with Gasteiger partial charge in [-0.05, 0) is 24.1 Å². The van der Waals surface area contributed by atoms with E-state index in [1.807, 2.05) is 19.2 Å². The van der Waals surface area contributed by atoms with Gasteiger partial charge < -0.3 is 10.0 Å². The van der Waals surface area contributed by atoms with Gasteiger partial charge in [-0.2, -0.15) is 0 Å². The van der Waals surface area contributed by atoms with Gasteiger partial charge in [-0.15, -0.1) is 0 Å². The maximum Gasteiger partial charge on any atom is 0.335 e. The summed E-state index contributed by atoms with van der Waals surface area (Å²) in [7, 11) is 2.00. The fraction of sp³-hybridized carbons (Fsp3) is 0.385. The zero-order chi connectivity index (χ0) is 13.1. The molecule has 2 rings (SSSR count). The second kappa shape index (κ2) is 5.52. The van der Waals surface area contributed by atoms with Gasteiger partial charge in [0.2, 0.25) is 0 Å². The number of hydrogen-bond acceptors (Lipinski definition) is 3. The van der Waals surface area contributed by atoms with Crippen molar-refractivity contribution >= 4 is 27.7 Å². The molecule has 0 saturated heterocycles. The molecule has 0 amide bonds. The number of benzene rings is 1. The zero-order valence-corrected chi connectivity index (χ0v) is 11.8. The molecular formula is C13H15BrN2O2. The number of amidine groups is 1. The van der Waals surface area contributed by atoms with Crippen molar-refractivity contribution in [2.45, 2.75) is 6.42 Å². The van der Waals surface area contributed by atoms with Gasteiger partial charge in [-0.1, -0.05) is 22.0 Å². The Labute approximate surface area is 114 Å². The number of carboxylic acid groups (broad SMARTS) is 1. The number of carboxylic acids is 1. The van der Waals surface area contributed by atoms with E-state index in [4.69, 9.17) is 5.11 Å². The number of halogens is 1. The highest BCUT2D eigenvalue weighted by atomic mass is 79.9. The lowest BCUT2D eigenvalue weighted by Gasteiger charge is -2.15. The Morgan fingerprint density at radius 1 is 1.56 bits per heavy atom. The van der Waals surface area contributed by atoms with Gasteiger partial charge in [0.05, 0.1) is 12.1 Å². The number of aliphatic imine (C=N–C) groups is 1. The molecule has 18 heavy (non-hydrogen) atoms. The normalized spacial score (nSPS) is 14.8. The van der Waals surface area contributed by atoms with Crippen LogP contribution < -0.4 is 0 Å². The summed E-state index contributed by atoms with van der Waals surface area (Å²) in [6.45, 7) is 1.73. The van der Waals surface area contributed by atoms with Crippen LogP contribution in [0.4, 0.5) is 0 Å². The van der Waals surface area contributed by atoms with Gasteiger partial charge in [0, 0.05) is 24.5 Å². The first-order valence-corrected chi connectivity index (χ1v) is 6.93. The maximum absolute atomic E-state index is 11.1. The molecule has 96 valence electrons. The molecule has 4 nitrogen and oxygen atoms in total. The SMILES string of the molecule is CN1CCN=C1c1ccc(C(=O)O)c(CCBr)c1. The zero-order valence-electron chi connectivity index (χ0n) is 10.2. The van der Waals surface area contributed by atoms with Gasteiger partial charge in [0.15, 0.2) is 0 Å². The average Bonchev–Trinajstić information content (AvgIpc) is 2.75. The van der Waals surface area contributed by atoms with Crippen molar-refractivity contribution in [1.29, 1.82) is 0 Å². The minimum absolute atomic E-state index is 0.374. The molecule has 1 N–H and O–H groups in total. The molecular weight excluding hydrogens is 296 g/mol. The monoisotopic (exact) mass is 310 g/mol. The van der Waals surface area contributed by atoms with Crippen LogP contribution >= 0.6 is 15.9 Å². The van der Waals surface area contributed by atoms with E-state index in [-0.39, 0.29) is 0 Å². The lowest BCUT2D eigenvalue weighted by atomic mass is 10.0. The van der Waals surface area contributed by atoms with Crippen molar-refractivity contribution in [2.75, 3.05) is 25.5 Å². The van der Waals surface area contributed by atoms with Gasteiger partial charge in [-0.3, -0.25) is 4.99 Å². The van der Waals surface area contributed by atoms with Crippen molar-refractivity contribution < 1.29 is 9.90 Å². The third-order valence-electron chi connectivity index (χ3n) is 3.02. The number of aromatic carboxylic acids is 1. The van der Waals surface area contributed by atoms with Gasteiger partial charge in [0.25, 0.3) is 0 Å². The number of likely N-dealkylation sites (N-methyl/N-ethyl adjacent to an activating group) is 1. The van der Waals surface area contributed by atoms with Gasteiger partial charge in [-0.25, -0.2) is 4.79 Å². The second-order valence-electron chi connectivity index (χ2n) is 4.24. The largest absolute Gasteiger partial charge is 0.478 e. The second-order valence-corrected chi connectivity index (χ2v) is 5.04. The van der Waals surface area contributed by atoms with E-state index in [0.717, 1.165) is 35.4 Å². The minimum atomic E-state index is -0.876. The summed E-state index contributed by atoms with van der Waals surface area (Å²) in [4.78, 5) is 17.7. The van der Waals surface area contributed by atoms with Crippen molar-refractivity contribution in [3.63, 3.8) is 0 Å². The Morgan fingerprint density at radius 3 is 2.89 bits per heavy atom. The summed E-state index contributed by atoms with van der Waals surface area (Å²) < 4.78 is 0. The number of alkyl halides is 1. The van der Waals surface area contributed by atoms with Crippen molar-refractivity contribution in [3.05, 3.63) is 34.9 Å². The smallest absolute Gasteiger partial charge is 0.335 e. The van der Waals surface area contributed by atoms with E-state index in [9.17, 15) is 4.79 Å². The molecule has 1 heterocycles. The Hall–Kier alpha value is -1.36. The molecule has 1 aliphatic heterocycles. The lowest BCUT2D eigenvalue weighted by Crippen LogP contribution is -2.23. The van der Waals surface area contributed by atoms with Crippen molar-refractivity contribution in [1.82, 2.24) is 4.90 Å². The topological polar surface area (TPSA) is 52.9 Å². The Kier molecular flexibility index (Phi) is 4.01. The molecule has 1 aromatic carbocycles. The lowest BCUT2D eigenvalue weighted by molar-refractivity contribution is 0.0696. The number of carbonyl (C=O) groups is 1. The van der Waals surface area contributed by atoms with Crippen molar-refractivity contribution in [3.8, 4) is 0 Å². The molecule has 0 unspecified atom stereocenters. The van der Waals surface area contributed by atoms with Crippen LogP contribution in [-0.2, 0) is 6.42 Å². The fourth-order valence-electron chi connectivity index (χ4n) is 2.09. The average molecular weight is 311 g/mol. The Bertz CT molecular complexity index is 500. The number of hydrogen-bond donors (Lipinski definition) is 1. The first-order chi connectivity index (χ1) is 8.63. The summed E-state index contributed by atoms with van der Waals surface area (Å²) in [5.41, 5.74) is 2.22. The third-order valence-corrected chi connectivity index (χ3v) is 3.41. The van der Waals surface area contributed by atoms with Crippen LogP contribution in [0.5, 0.6) is 0 Å². The molecule has 0 saturated carbocycles. The minimum Gasteiger partial charge on any atom is -0.478 e. The molecule has 0 aliphatic carbocycles. The highest BCUT2D eigenvalue weighted by Crippen LogP contribution is 2.17. The molecule has 0 bridgehead atoms. The quantitative estimate of drug-likeness (QED) is 0.866. The van der Waals surface area contributed by atoms with E-state index >= 15 is 0 Å². The van der Waals surface area contributed by atoms with Crippen molar-refractivity contribution in [2.24, 2.45) is 4.99 Å². The molecule has 1 aromatic rings. The standard InChI is InChI=1S/C13H15BrN2O2/c1-16-7-6-15-12(16)10-2-3-11(13(17)18)9(8-10)4-5-14/h2-3,8H,4-7H2,1H3,(H,17,18). The number of aryl methyl sites for hydroxylation is 1. The molecule has 5 heteroatoms. The molecule has 0 aromatic heterocycles. The molecule has 0 fully saturated rings. The molecule has 0 spiro atoms. The van der Waals surface area contributed by atoms with Gasteiger partial charge >= 0.3 is 5.97 Å². The van der Waals surface area contributed by atoms with Gasteiger partial charge in [0.1, 0.15) is 5.84 Å². The predicted molar refractivity (Wildman–Crippen MR) is 74.9 cm³/mol. The third kappa shape index (κ3) is 2.56. The van der Waals surface area contributed by atoms with Crippen LogP contribution in [0, 0.1) is 0 Å². The van der Waals surface area contributed by atoms with Crippen LogP contribution in [0.1, 0.15) is 21.5 Å². The van der Waals surface area contributed by atoms with Crippen LogP contribution in [0.2, 0.25) is 0 Å². The summed E-state index contributed by atoms with van der Waals surface area (Å²) in [6.07, 6.45) is 0.701. The molecule has 1 aliphatic rings. The fourth-order valence-corrected chi connectivity index (χ4v) is 2.52. The Morgan fingerprint density at radius 2 is 2.33 bits per heavy atom. The molecule has 0 atom stereocenters. The first-order valence-electron chi connectivity index (χ1n) is 5.81. The summed E-state index contributed by atoms with van der Waals surface area (Å²) >= 11 is 3.36. The van der Waals surface area contributed by atoms with E-state index in [1.165, 1.54) is 0 Å². The maximum atomic E-state index is 11.1. The highest BCUT2D eigenvalue weighted by Gasteiger charge is 2.17. The van der Waals surface area contributed by atoms with Crippen LogP contribution in [0.25, 0.3) is 0 Å². The molecule has 0 radical (unpaired) electrons. The van der Waals surface area contributed by atoms with Crippen LogP contribution in [0.15, 0.2) is 23.2 Å². The van der Waals surface area contributed by atoms with E-state index in [0.29, 0.717) is 12.0 Å². The first kappa shape index (κ1) is 13.1. The van der Waals surface area contributed by atoms with Crippen LogP contribution in [-0.4, -0.2) is 47.3 Å². The van der Waals surface area contributed by atoms with E-state index < -0.39 is 5.97 Å². The highest BCUT2D eigenvalue weighted by molar-refractivity contribution is 9.09. The summed E-state index contributed by atoms with van der Waals surface area (Å²) in [5, 5.41) is 9.89. The number of rotatable bonds is 4. The summed E-state index contributed by atoms with van der Waals surface area (Å²) in [6, 6.07) is 5.44. The summed E-state index contributed by atoms with van der Waals surface area (Å²) in [5.74, 6) is 0.0713. The Balaban J connectivity index is 2.39. The van der Waals surface area contributed by atoms with Crippen LogP contribution in [0.3, 0.4) is 0 Å². The van der Waals surface area contributed by atoms with E-state index in [1.54, 1.807) is 6.07 Å². The van der Waals surface area contributed by atoms with E-state index in [2.05, 4.69) is 25.8 Å².